The second kappa shape index (κ2) is 5.23. The number of hydrogen-bond acceptors (Lipinski definition) is 5. The third-order valence-electron chi connectivity index (χ3n) is 2.87. The van der Waals surface area contributed by atoms with E-state index in [0.717, 1.165) is 13.1 Å². The second-order valence-corrected chi connectivity index (χ2v) is 4.08. The molecule has 0 saturated carbocycles. The first-order valence-electron chi connectivity index (χ1n) is 5.77. The highest BCUT2D eigenvalue weighted by molar-refractivity contribution is 5.31. The minimum Gasteiger partial charge on any atom is -0.385 e. The molecule has 1 atom stereocenters. The smallest absolute Gasteiger partial charge is 0.225 e. The first-order chi connectivity index (χ1) is 7.81. The standard InChI is InChI=1S/C11H18N4O/c12-8-10(16)9-4-5-13-11(14-9)15-6-2-1-3-7-15/h4-5,10,16H,1-3,6-8,12H2. The molecule has 2 heterocycles. The molecule has 5 heteroatoms. The summed E-state index contributed by atoms with van der Waals surface area (Å²) in [6, 6.07) is 1.71. The quantitative estimate of drug-likeness (QED) is 0.777. The number of aromatic nitrogens is 2. The van der Waals surface area contributed by atoms with E-state index in [1.165, 1.54) is 19.3 Å². The zero-order valence-electron chi connectivity index (χ0n) is 9.34. The van der Waals surface area contributed by atoms with Crippen molar-refractivity contribution in [2.24, 2.45) is 5.73 Å². The zero-order valence-corrected chi connectivity index (χ0v) is 9.34. The van der Waals surface area contributed by atoms with Gasteiger partial charge in [0.25, 0.3) is 0 Å². The summed E-state index contributed by atoms with van der Waals surface area (Å²) in [5.41, 5.74) is 6.02. The van der Waals surface area contributed by atoms with Crippen LogP contribution in [-0.2, 0) is 0 Å². The van der Waals surface area contributed by atoms with Gasteiger partial charge in [-0.3, -0.25) is 0 Å². The lowest BCUT2D eigenvalue weighted by Crippen LogP contribution is -2.31. The highest BCUT2D eigenvalue weighted by Gasteiger charge is 2.15. The van der Waals surface area contributed by atoms with E-state index >= 15 is 0 Å². The van der Waals surface area contributed by atoms with Crippen molar-refractivity contribution in [1.29, 1.82) is 0 Å². The molecule has 3 N–H and O–H groups in total. The van der Waals surface area contributed by atoms with E-state index in [-0.39, 0.29) is 6.54 Å². The highest BCUT2D eigenvalue weighted by Crippen LogP contribution is 2.17. The van der Waals surface area contributed by atoms with Crippen LogP contribution in [0.3, 0.4) is 0 Å². The number of anilines is 1. The number of aliphatic hydroxyl groups excluding tert-OH is 1. The number of piperidine rings is 1. The van der Waals surface area contributed by atoms with E-state index < -0.39 is 6.10 Å². The fourth-order valence-corrected chi connectivity index (χ4v) is 1.91. The van der Waals surface area contributed by atoms with Gasteiger partial charge in [-0.25, -0.2) is 9.97 Å². The summed E-state index contributed by atoms with van der Waals surface area (Å²) in [4.78, 5) is 10.8. The summed E-state index contributed by atoms with van der Waals surface area (Å²) >= 11 is 0. The van der Waals surface area contributed by atoms with Crippen molar-refractivity contribution in [1.82, 2.24) is 9.97 Å². The maximum absolute atomic E-state index is 9.62. The SMILES string of the molecule is NCC(O)c1ccnc(N2CCCCC2)n1. The Labute approximate surface area is 95.3 Å². The van der Waals surface area contributed by atoms with Crippen LogP contribution in [0.1, 0.15) is 31.1 Å². The lowest BCUT2D eigenvalue weighted by Gasteiger charge is -2.26. The van der Waals surface area contributed by atoms with E-state index in [4.69, 9.17) is 5.73 Å². The Morgan fingerprint density at radius 1 is 1.38 bits per heavy atom. The predicted octanol–water partition coefficient (Wildman–Crippen LogP) is 0.459. The fourth-order valence-electron chi connectivity index (χ4n) is 1.91. The van der Waals surface area contributed by atoms with Crippen LogP contribution in [-0.4, -0.2) is 34.7 Å². The van der Waals surface area contributed by atoms with Crippen LogP contribution >= 0.6 is 0 Å². The highest BCUT2D eigenvalue weighted by atomic mass is 16.3. The molecule has 16 heavy (non-hydrogen) atoms. The monoisotopic (exact) mass is 222 g/mol. The molecule has 0 aliphatic carbocycles. The van der Waals surface area contributed by atoms with E-state index in [1.807, 2.05) is 0 Å². The topological polar surface area (TPSA) is 75.3 Å². The van der Waals surface area contributed by atoms with Gasteiger partial charge in [0.2, 0.25) is 5.95 Å². The molecule has 1 aromatic heterocycles. The summed E-state index contributed by atoms with van der Waals surface area (Å²) in [6.45, 7) is 2.20. The Bertz CT molecular complexity index is 339. The number of hydrogen-bond donors (Lipinski definition) is 2. The predicted molar refractivity (Wildman–Crippen MR) is 62.1 cm³/mol. The van der Waals surface area contributed by atoms with Crippen molar-refractivity contribution in [3.05, 3.63) is 18.0 Å². The van der Waals surface area contributed by atoms with Gasteiger partial charge in [0.05, 0.1) is 5.69 Å². The molecule has 88 valence electrons. The molecular formula is C11H18N4O. The van der Waals surface area contributed by atoms with Gasteiger partial charge in [-0.15, -0.1) is 0 Å². The van der Waals surface area contributed by atoms with Crippen molar-refractivity contribution >= 4 is 5.95 Å². The average molecular weight is 222 g/mol. The van der Waals surface area contributed by atoms with E-state index in [9.17, 15) is 5.11 Å². The first kappa shape index (κ1) is 11.3. The molecule has 0 spiro atoms. The lowest BCUT2D eigenvalue weighted by atomic mass is 10.1. The number of nitrogens with zero attached hydrogens (tertiary/aromatic N) is 3. The summed E-state index contributed by atoms with van der Waals surface area (Å²) in [6.07, 6.45) is 4.65. The number of rotatable bonds is 3. The van der Waals surface area contributed by atoms with Crippen molar-refractivity contribution in [3.8, 4) is 0 Å². The molecule has 1 aliphatic rings. The minimum absolute atomic E-state index is 0.191. The summed E-state index contributed by atoms with van der Waals surface area (Å²) in [7, 11) is 0. The second-order valence-electron chi connectivity index (χ2n) is 4.08. The number of nitrogens with two attached hydrogens (primary N) is 1. The molecule has 1 unspecified atom stereocenters. The normalized spacial score (nSPS) is 18.5. The van der Waals surface area contributed by atoms with Crippen molar-refractivity contribution in [2.75, 3.05) is 24.5 Å². The van der Waals surface area contributed by atoms with Gasteiger partial charge in [-0.05, 0) is 25.3 Å². The van der Waals surface area contributed by atoms with E-state index in [1.54, 1.807) is 12.3 Å². The maximum Gasteiger partial charge on any atom is 0.225 e. The third-order valence-corrected chi connectivity index (χ3v) is 2.87. The molecule has 0 bridgehead atoms. The first-order valence-corrected chi connectivity index (χ1v) is 5.77. The van der Waals surface area contributed by atoms with Crippen LogP contribution < -0.4 is 10.6 Å². The Morgan fingerprint density at radius 2 is 2.12 bits per heavy atom. The Hall–Kier alpha value is -1.20. The Kier molecular flexibility index (Phi) is 3.69. The molecule has 0 radical (unpaired) electrons. The van der Waals surface area contributed by atoms with Crippen LogP contribution in [0, 0.1) is 0 Å². The largest absolute Gasteiger partial charge is 0.385 e. The van der Waals surface area contributed by atoms with Crippen molar-refractivity contribution in [3.63, 3.8) is 0 Å². The molecule has 5 nitrogen and oxygen atoms in total. The molecular weight excluding hydrogens is 204 g/mol. The summed E-state index contributed by atoms with van der Waals surface area (Å²) in [5, 5.41) is 9.62. The van der Waals surface area contributed by atoms with Crippen LogP contribution in [0.15, 0.2) is 12.3 Å². The summed E-state index contributed by atoms with van der Waals surface area (Å²) in [5.74, 6) is 0.713. The Balaban J connectivity index is 2.14. The molecule has 0 amide bonds. The molecule has 0 aromatic carbocycles. The van der Waals surface area contributed by atoms with Gasteiger partial charge in [-0.1, -0.05) is 0 Å². The minimum atomic E-state index is -0.688. The van der Waals surface area contributed by atoms with Crippen LogP contribution in [0.2, 0.25) is 0 Å². The average Bonchev–Trinajstić information content (AvgIpc) is 2.39. The van der Waals surface area contributed by atoms with Gasteiger partial charge in [0, 0.05) is 25.8 Å². The van der Waals surface area contributed by atoms with Gasteiger partial charge in [0.15, 0.2) is 0 Å². The van der Waals surface area contributed by atoms with E-state index in [2.05, 4.69) is 14.9 Å². The number of aliphatic hydroxyl groups is 1. The van der Waals surface area contributed by atoms with Crippen molar-refractivity contribution < 1.29 is 5.11 Å². The fraction of sp³-hybridized carbons (Fsp3) is 0.636. The Morgan fingerprint density at radius 3 is 2.81 bits per heavy atom. The molecule has 1 fully saturated rings. The molecule has 1 aliphatic heterocycles. The van der Waals surface area contributed by atoms with Crippen LogP contribution in [0.5, 0.6) is 0 Å². The molecule has 2 rings (SSSR count). The van der Waals surface area contributed by atoms with Gasteiger partial charge < -0.3 is 15.7 Å². The lowest BCUT2D eigenvalue weighted by molar-refractivity contribution is 0.181. The van der Waals surface area contributed by atoms with Gasteiger partial charge in [-0.2, -0.15) is 0 Å². The third kappa shape index (κ3) is 2.48. The van der Waals surface area contributed by atoms with Gasteiger partial charge >= 0.3 is 0 Å². The maximum atomic E-state index is 9.62. The molecule has 1 saturated heterocycles. The van der Waals surface area contributed by atoms with Crippen LogP contribution in [0.4, 0.5) is 5.95 Å². The summed E-state index contributed by atoms with van der Waals surface area (Å²) < 4.78 is 0. The zero-order chi connectivity index (χ0) is 11.4. The van der Waals surface area contributed by atoms with Crippen LogP contribution in [0.25, 0.3) is 0 Å². The van der Waals surface area contributed by atoms with E-state index in [0.29, 0.717) is 11.6 Å². The molecule has 1 aromatic rings. The van der Waals surface area contributed by atoms with Crippen molar-refractivity contribution in [2.45, 2.75) is 25.4 Å². The van der Waals surface area contributed by atoms with Gasteiger partial charge in [0.1, 0.15) is 6.10 Å².